The molecular formula is C35H40N3+. The maximum absolute atomic E-state index is 9.28. The zero-order valence-electron chi connectivity index (χ0n) is 25.9. The van der Waals surface area contributed by atoms with Crippen molar-refractivity contribution in [2.75, 3.05) is 0 Å². The van der Waals surface area contributed by atoms with Gasteiger partial charge in [-0.3, -0.25) is 0 Å². The van der Waals surface area contributed by atoms with E-state index < -0.39 is 11.8 Å². The van der Waals surface area contributed by atoms with Gasteiger partial charge < -0.3 is 0 Å². The zero-order chi connectivity index (χ0) is 29.0. The van der Waals surface area contributed by atoms with Gasteiger partial charge in [-0.25, -0.2) is 9.13 Å². The summed E-state index contributed by atoms with van der Waals surface area (Å²) in [4.78, 5) is 0. The predicted octanol–water partition coefficient (Wildman–Crippen LogP) is 8.89. The fourth-order valence-corrected chi connectivity index (χ4v) is 5.45. The highest BCUT2D eigenvalue weighted by Gasteiger charge is 2.30. The first-order chi connectivity index (χ1) is 18.8. The molecule has 0 aliphatic carbocycles. The highest BCUT2D eigenvalue weighted by Crippen LogP contribution is 2.38. The van der Waals surface area contributed by atoms with E-state index in [-0.39, 0.29) is 0 Å². The average Bonchev–Trinajstić information content (AvgIpc) is 3.47. The predicted molar refractivity (Wildman–Crippen MR) is 161 cm³/mol. The van der Waals surface area contributed by atoms with E-state index in [1.54, 1.807) is 0 Å². The van der Waals surface area contributed by atoms with Crippen LogP contribution in [0.1, 0.15) is 78.5 Å². The lowest BCUT2D eigenvalue weighted by Crippen LogP contribution is -2.33. The van der Waals surface area contributed by atoms with E-state index in [0.717, 1.165) is 45.1 Å². The van der Waals surface area contributed by atoms with Crippen LogP contribution < -0.4 is 4.57 Å². The number of allylic oxidation sites excluding steroid dienone is 2. The highest BCUT2D eigenvalue weighted by molar-refractivity contribution is 5.89. The van der Waals surface area contributed by atoms with E-state index in [1.165, 1.54) is 16.5 Å². The van der Waals surface area contributed by atoms with Crippen molar-refractivity contribution in [3.8, 4) is 22.8 Å². The molecule has 5 aromatic rings. The van der Waals surface area contributed by atoms with E-state index in [4.69, 9.17) is 0 Å². The largest absolute Gasteiger partial charge is 0.374 e. The Labute approximate surface area is 230 Å². The second-order valence-corrected chi connectivity index (χ2v) is 10.7. The summed E-state index contributed by atoms with van der Waals surface area (Å²) in [6, 6.07) is 23.3. The molecule has 38 heavy (non-hydrogen) atoms. The van der Waals surface area contributed by atoms with Gasteiger partial charge in [0.25, 0.3) is 0 Å². The first-order valence-corrected chi connectivity index (χ1v) is 13.4. The van der Waals surface area contributed by atoms with Gasteiger partial charge in [-0.2, -0.15) is 4.57 Å². The Morgan fingerprint density at radius 2 is 1.55 bits per heavy atom. The molecule has 0 amide bonds. The van der Waals surface area contributed by atoms with Crippen LogP contribution in [0.15, 0.2) is 85.2 Å². The Morgan fingerprint density at radius 3 is 2.16 bits per heavy atom. The fourth-order valence-electron chi connectivity index (χ4n) is 5.45. The first kappa shape index (κ1) is 23.3. The van der Waals surface area contributed by atoms with E-state index in [2.05, 4.69) is 109 Å². The van der Waals surface area contributed by atoms with Crippen LogP contribution in [-0.2, 0) is 7.05 Å². The molecule has 2 heterocycles. The van der Waals surface area contributed by atoms with Crippen LogP contribution in [0.4, 0.5) is 0 Å². The Kier molecular flexibility index (Phi) is 6.21. The number of imidazole rings is 1. The summed E-state index contributed by atoms with van der Waals surface area (Å²) in [7, 11) is 2.07. The van der Waals surface area contributed by atoms with Gasteiger partial charge in [-0.05, 0) is 84.1 Å². The molecule has 0 aliphatic heterocycles. The van der Waals surface area contributed by atoms with Crippen molar-refractivity contribution in [1.29, 1.82) is 0 Å². The van der Waals surface area contributed by atoms with E-state index in [0.29, 0.717) is 0 Å². The van der Waals surface area contributed by atoms with Crippen LogP contribution >= 0.6 is 0 Å². The fraction of sp³-hybridized carbons (Fsp3) is 0.286. The van der Waals surface area contributed by atoms with E-state index in [9.17, 15) is 2.74 Å². The number of rotatable bonds is 6. The van der Waals surface area contributed by atoms with Crippen LogP contribution in [0, 0.1) is 6.92 Å². The summed E-state index contributed by atoms with van der Waals surface area (Å²) in [6.07, 6.45) is 6.30. The minimum atomic E-state index is -0.906. The van der Waals surface area contributed by atoms with Crippen LogP contribution in [0.25, 0.3) is 39.2 Å². The third-order valence-corrected chi connectivity index (χ3v) is 7.57. The Balaban J connectivity index is 1.94. The molecule has 0 fully saturated rings. The summed E-state index contributed by atoms with van der Waals surface area (Å²) >= 11 is 0. The number of nitrogens with zero attached hydrogens (tertiary/aromatic N) is 3. The molecule has 0 atom stereocenters. The Bertz CT molecular complexity index is 1700. The molecule has 0 N–H and O–H groups in total. The smallest absolute Gasteiger partial charge is 0.237 e. The van der Waals surface area contributed by atoms with Gasteiger partial charge in [0.15, 0.2) is 0 Å². The van der Waals surface area contributed by atoms with Gasteiger partial charge >= 0.3 is 5.95 Å². The number of hydrogen-bond donors (Lipinski definition) is 0. The van der Waals surface area contributed by atoms with E-state index >= 15 is 0 Å². The number of hydrogen-bond acceptors (Lipinski definition) is 0. The zero-order valence-corrected chi connectivity index (χ0v) is 23.9. The topological polar surface area (TPSA) is 13.7 Å². The molecule has 3 aromatic carbocycles. The molecule has 0 unspecified atom stereocenters. The van der Waals surface area contributed by atoms with Gasteiger partial charge in [-0.1, -0.05) is 82.3 Å². The number of para-hydroxylation sites is 1. The molecule has 194 valence electrons. The molecule has 2 aromatic heterocycles. The molecule has 0 aliphatic rings. The maximum Gasteiger partial charge on any atom is 0.374 e. The first-order valence-electron chi connectivity index (χ1n) is 14.4. The minimum Gasteiger partial charge on any atom is -0.237 e. The monoisotopic (exact) mass is 504 g/mol. The van der Waals surface area contributed by atoms with Crippen LogP contribution in [0.5, 0.6) is 0 Å². The van der Waals surface area contributed by atoms with Crippen molar-refractivity contribution < 1.29 is 7.31 Å². The average molecular weight is 505 g/mol. The Hall–Kier alpha value is -3.85. The van der Waals surface area contributed by atoms with Crippen molar-refractivity contribution in [2.45, 2.75) is 60.3 Å². The van der Waals surface area contributed by atoms with Gasteiger partial charge in [-0.15, -0.1) is 0 Å². The van der Waals surface area contributed by atoms with E-state index in [1.807, 2.05) is 45.9 Å². The van der Waals surface area contributed by atoms with Crippen LogP contribution in [0.2, 0.25) is 0 Å². The number of aromatic nitrogens is 3. The molecular weight excluding hydrogens is 462 g/mol. The van der Waals surface area contributed by atoms with Crippen molar-refractivity contribution in [2.24, 2.45) is 7.05 Å². The lowest BCUT2D eigenvalue weighted by atomic mass is 9.88. The van der Waals surface area contributed by atoms with Crippen molar-refractivity contribution in [3.63, 3.8) is 0 Å². The third-order valence-electron chi connectivity index (χ3n) is 7.57. The van der Waals surface area contributed by atoms with Crippen LogP contribution in [-0.4, -0.2) is 9.13 Å². The maximum atomic E-state index is 9.28. The summed E-state index contributed by atoms with van der Waals surface area (Å²) < 4.78 is 25.2. The van der Waals surface area contributed by atoms with Gasteiger partial charge in [0, 0.05) is 8.13 Å². The van der Waals surface area contributed by atoms with Crippen molar-refractivity contribution in [1.82, 2.24) is 9.13 Å². The molecule has 0 bridgehead atoms. The normalized spacial score (nSPS) is 13.6. The van der Waals surface area contributed by atoms with Crippen molar-refractivity contribution >= 4 is 16.5 Å². The number of fused-ring (bicyclic) bond motifs is 1. The number of aryl methyl sites for hydroxylation is 2. The third kappa shape index (κ3) is 4.30. The molecule has 5 rings (SSSR count). The van der Waals surface area contributed by atoms with Crippen LogP contribution in [0.3, 0.4) is 0 Å². The molecule has 3 nitrogen and oxygen atoms in total. The summed E-state index contributed by atoms with van der Waals surface area (Å²) in [5.74, 6) is -0.850. The molecule has 0 saturated carbocycles. The molecule has 0 saturated heterocycles. The lowest BCUT2D eigenvalue weighted by Gasteiger charge is -2.21. The molecule has 3 heteroatoms. The number of benzene rings is 3. The lowest BCUT2D eigenvalue weighted by molar-refractivity contribution is -0.664. The van der Waals surface area contributed by atoms with Gasteiger partial charge in [0.2, 0.25) is 0 Å². The highest BCUT2D eigenvalue weighted by atomic mass is 15.3. The van der Waals surface area contributed by atoms with Gasteiger partial charge in [0.1, 0.15) is 23.1 Å². The second kappa shape index (κ2) is 10.1. The SMILES string of the molecule is [2H]C(C)(C)c1cc(-c2ccccc2)cc(C([2H])(C)C)c1-n1cc[n+](C)c1-n1c(C(C)=CC)cc2cccc(C)c21. The molecule has 0 spiro atoms. The second-order valence-electron chi connectivity index (χ2n) is 10.7. The molecule has 0 radical (unpaired) electrons. The quantitative estimate of drug-likeness (QED) is 0.205. The summed E-state index contributed by atoms with van der Waals surface area (Å²) in [6.45, 7) is 14.1. The summed E-state index contributed by atoms with van der Waals surface area (Å²) in [5.41, 5.74) is 9.46. The minimum absolute atomic E-state index is 0.888. The van der Waals surface area contributed by atoms with Crippen molar-refractivity contribution in [3.05, 3.63) is 108 Å². The standard InChI is InChI=1S/C35H40N3/c1-9-25(6)32-22-28-17-13-14-26(7)33(28)38(32)35-36(8)18-19-37(35)34-30(23(2)3)20-29(21-31(34)24(4)5)27-15-11-10-12-16-27/h9-24H,1-8H3/q+1/i23D,24D. The summed E-state index contributed by atoms with van der Waals surface area (Å²) in [5, 5.41) is 1.19. The van der Waals surface area contributed by atoms with Gasteiger partial charge in [0.05, 0.1) is 13.2 Å². The Morgan fingerprint density at radius 1 is 0.895 bits per heavy atom.